The predicted molar refractivity (Wildman–Crippen MR) is 88.6 cm³/mol. The van der Waals surface area contributed by atoms with Crippen molar-refractivity contribution >= 4 is 6.09 Å². The van der Waals surface area contributed by atoms with Gasteiger partial charge in [-0.3, -0.25) is 0 Å². The largest absolute Gasteiger partial charge is 0.465 e. The van der Waals surface area contributed by atoms with E-state index in [1.54, 1.807) is 0 Å². The topological polar surface area (TPSA) is 67.8 Å². The van der Waals surface area contributed by atoms with Gasteiger partial charge in [0.15, 0.2) is 0 Å². The zero-order valence-electron chi connectivity index (χ0n) is 13.9. The first-order chi connectivity index (χ1) is 10.8. The summed E-state index contributed by atoms with van der Waals surface area (Å²) in [4.78, 5) is 11.1. The van der Waals surface area contributed by atoms with Gasteiger partial charge in [0.05, 0.1) is 18.8 Å². The van der Waals surface area contributed by atoms with Gasteiger partial charge in [0, 0.05) is 6.42 Å². The number of carboxylic acid groups (broad SMARTS) is 1. The molecule has 0 fully saturated rings. The number of ether oxygens (including phenoxy) is 2. The number of carbonyl (C=O) groups is 1. The maximum Gasteiger partial charge on any atom is 0.404 e. The lowest BCUT2D eigenvalue weighted by molar-refractivity contribution is -0.175. The van der Waals surface area contributed by atoms with Crippen molar-refractivity contribution in [1.82, 2.24) is 5.32 Å². The van der Waals surface area contributed by atoms with Gasteiger partial charge in [-0.2, -0.15) is 0 Å². The summed E-state index contributed by atoms with van der Waals surface area (Å²) < 4.78 is 12.2. The molecule has 0 aromatic heterocycles. The summed E-state index contributed by atoms with van der Waals surface area (Å²) in [6.07, 6.45) is 3.09. The third-order valence-corrected chi connectivity index (χ3v) is 3.60. The van der Waals surface area contributed by atoms with Crippen molar-refractivity contribution in [2.24, 2.45) is 0 Å². The molecule has 1 aliphatic heterocycles. The molecule has 1 aromatic carbocycles. The highest BCUT2D eigenvalue weighted by Crippen LogP contribution is 2.32. The molecule has 0 bridgehead atoms. The summed E-state index contributed by atoms with van der Waals surface area (Å²) in [6.45, 7) is 6.57. The SMILES string of the molecule is CC(C)(C)O[C@@](CNC(=O)O)(Cc1ccccc1)[C@@H]1C=CCO1. The van der Waals surface area contributed by atoms with Crippen LogP contribution in [0.2, 0.25) is 0 Å². The highest BCUT2D eigenvalue weighted by atomic mass is 16.6. The zero-order chi connectivity index (χ0) is 16.9. The molecule has 2 atom stereocenters. The van der Waals surface area contributed by atoms with Gasteiger partial charge in [-0.1, -0.05) is 42.5 Å². The van der Waals surface area contributed by atoms with E-state index in [9.17, 15) is 4.79 Å². The van der Waals surface area contributed by atoms with E-state index in [0.717, 1.165) is 5.56 Å². The standard InChI is InChI=1S/C18H25NO4/c1-17(2,3)23-18(13-19-16(20)21,15-10-7-11-22-15)12-14-8-5-4-6-9-14/h4-10,15,19H,11-13H2,1-3H3,(H,20,21)/t15-,18+/m0/s1. The van der Waals surface area contributed by atoms with Crippen molar-refractivity contribution in [3.05, 3.63) is 48.0 Å². The average Bonchev–Trinajstić information content (AvgIpc) is 2.99. The highest BCUT2D eigenvalue weighted by Gasteiger charge is 2.44. The molecule has 1 aromatic rings. The first-order valence-electron chi connectivity index (χ1n) is 7.80. The highest BCUT2D eigenvalue weighted by molar-refractivity contribution is 5.64. The minimum absolute atomic E-state index is 0.156. The molecule has 2 rings (SSSR count). The third kappa shape index (κ3) is 5.08. The molecule has 5 heteroatoms. The summed E-state index contributed by atoms with van der Waals surface area (Å²) in [6, 6.07) is 9.91. The monoisotopic (exact) mass is 319 g/mol. The molecule has 0 saturated carbocycles. The minimum Gasteiger partial charge on any atom is -0.465 e. The van der Waals surface area contributed by atoms with Crippen LogP contribution in [0, 0.1) is 0 Å². The molecule has 2 N–H and O–H groups in total. The van der Waals surface area contributed by atoms with E-state index in [1.807, 2.05) is 63.3 Å². The maximum atomic E-state index is 11.1. The van der Waals surface area contributed by atoms with Gasteiger partial charge in [-0.05, 0) is 26.3 Å². The molecule has 1 aliphatic rings. The van der Waals surface area contributed by atoms with Gasteiger partial charge in [0.1, 0.15) is 11.7 Å². The second-order valence-electron chi connectivity index (χ2n) is 6.78. The Hall–Kier alpha value is -1.85. The van der Waals surface area contributed by atoms with Crippen molar-refractivity contribution in [2.75, 3.05) is 13.2 Å². The van der Waals surface area contributed by atoms with Gasteiger partial charge < -0.3 is 19.9 Å². The Labute approximate surface area is 137 Å². The molecule has 0 spiro atoms. The van der Waals surface area contributed by atoms with Crippen LogP contribution < -0.4 is 5.32 Å². The normalized spacial score (nSPS) is 20.2. The summed E-state index contributed by atoms with van der Waals surface area (Å²) in [7, 11) is 0. The first-order valence-corrected chi connectivity index (χ1v) is 7.80. The fraction of sp³-hybridized carbons (Fsp3) is 0.500. The average molecular weight is 319 g/mol. The van der Waals surface area contributed by atoms with Crippen LogP contribution in [0.3, 0.4) is 0 Å². The van der Waals surface area contributed by atoms with E-state index in [4.69, 9.17) is 14.6 Å². The van der Waals surface area contributed by atoms with Gasteiger partial charge in [0.2, 0.25) is 0 Å². The van der Waals surface area contributed by atoms with Crippen LogP contribution in [0.5, 0.6) is 0 Å². The number of rotatable bonds is 6. The Kier molecular flexibility index (Phi) is 5.44. The minimum atomic E-state index is -1.07. The zero-order valence-corrected chi connectivity index (χ0v) is 13.9. The third-order valence-electron chi connectivity index (χ3n) is 3.60. The van der Waals surface area contributed by atoms with E-state index < -0.39 is 17.3 Å². The van der Waals surface area contributed by atoms with E-state index in [0.29, 0.717) is 13.0 Å². The van der Waals surface area contributed by atoms with Gasteiger partial charge in [-0.25, -0.2) is 4.79 Å². The Balaban J connectivity index is 2.34. The molecule has 23 heavy (non-hydrogen) atoms. The van der Waals surface area contributed by atoms with Crippen molar-refractivity contribution in [1.29, 1.82) is 0 Å². The summed E-state index contributed by atoms with van der Waals surface area (Å²) in [5.41, 5.74) is -0.160. The van der Waals surface area contributed by atoms with Crippen molar-refractivity contribution in [3.8, 4) is 0 Å². The lowest BCUT2D eigenvalue weighted by Crippen LogP contribution is -2.57. The second kappa shape index (κ2) is 7.15. The molecule has 0 unspecified atom stereocenters. The van der Waals surface area contributed by atoms with E-state index in [1.165, 1.54) is 0 Å². The molecule has 0 radical (unpaired) electrons. The Morgan fingerprint density at radius 3 is 2.57 bits per heavy atom. The van der Waals surface area contributed by atoms with E-state index in [2.05, 4.69) is 5.32 Å². The maximum absolute atomic E-state index is 11.1. The lowest BCUT2D eigenvalue weighted by atomic mass is 9.87. The van der Waals surface area contributed by atoms with Crippen LogP contribution in [-0.2, 0) is 15.9 Å². The predicted octanol–water partition coefficient (Wildman–Crippen LogP) is 3.01. The molecule has 0 aliphatic carbocycles. The summed E-state index contributed by atoms with van der Waals surface area (Å²) >= 11 is 0. The number of hydrogen-bond donors (Lipinski definition) is 2. The van der Waals surface area contributed by atoms with Gasteiger partial charge >= 0.3 is 6.09 Å². The Morgan fingerprint density at radius 2 is 2.04 bits per heavy atom. The van der Waals surface area contributed by atoms with Crippen molar-refractivity contribution in [2.45, 2.75) is 44.5 Å². The Morgan fingerprint density at radius 1 is 1.35 bits per heavy atom. The molecule has 0 saturated heterocycles. The molecular weight excluding hydrogens is 294 g/mol. The molecule has 126 valence electrons. The summed E-state index contributed by atoms with van der Waals surface area (Å²) in [5.74, 6) is 0. The van der Waals surface area contributed by atoms with Gasteiger partial charge in [0.25, 0.3) is 0 Å². The number of amides is 1. The van der Waals surface area contributed by atoms with Crippen molar-refractivity contribution in [3.63, 3.8) is 0 Å². The van der Waals surface area contributed by atoms with Gasteiger partial charge in [-0.15, -0.1) is 0 Å². The first kappa shape index (κ1) is 17.5. The van der Waals surface area contributed by atoms with E-state index in [-0.39, 0.29) is 12.6 Å². The van der Waals surface area contributed by atoms with Crippen LogP contribution in [0.25, 0.3) is 0 Å². The number of nitrogens with one attached hydrogen (secondary N) is 1. The number of benzene rings is 1. The molecule has 1 amide bonds. The second-order valence-corrected chi connectivity index (χ2v) is 6.78. The van der Waals surface area contributed by atoms with Crippen LogP contribution in [0.4, 0.5) is 4.79 Å². The van der Waals surface area contributed by atoms with Crippen LogP contribution in [-0.4, -0.2) is 41.7 Å². The Bertz CT molecular complexity index is 550. The van der Waals surface area contributed by atoms with Crippen LogP contribution in [0.15, 0.2) is 42.5 Å². The lowest BCUT2D eigenvalue weighted by Gasteiger charge is -2.42. The summed E-state index contributed by atoms with van der Waals surface area (Å²) in [5, 5.41) is 11.5. The quantitative estimate of drug-likeness (QED) is 0.791. The number of hydrogen-bond acceptors (Lipinski definition) is 3. The molecule has 5 nitrogen and oxygen atoms in total. The van der Waals surface area contributed by atoms with Crippen molar-refractivity contribution < 1.29 is 19.4 Å². The van der Waals surface area contributed by atoms with Crippen LogP contribution in [0.1, 0.15) is 26.3 Å². The molecular formula is C18H25NO4. The smallest absolute Gasteiger partial charge is 0.404 e. The fourth-order valence-corrected chi connectivity index (χ4v) is 2.89. The molecule has 1 heterocycles. The van der Waals surface area contributed by atoms with Crippen LogP contribution >= 0.6 is 0 Å². The van der Waals surface area contributed by atoms with E-state index >= 15 is 0 Å². The fourth-order valence-electron chi connectivity index (χ4n) is 2.89.